The van der Waals surface area contributed by atoms with Gasteiger partial charge in [-0.2, -0.15) is 0 Å². The van der Waals surface area contributed by atoms with E-state index in [2.05, 4.69) is 4.98 Å². The van der Waals surface area contributed by atoms with Crippen LogP contribution < -0.4 is 15.2 Å². The van der Waals surface area contributed by atoms with Crippen molar-refractivity contribution in [3.63, 3.8) is 0 Å². The lowest BCUT2D eigenvalue weighted by molar-refractivity contribution is 0.264. The molecule has 0 fully saturated rings. The molecule has 4 nitrogen and oxygen atoms in total. The number of hydrogen-bond acceptors (Lipinski definition) is 5. The summed E-state index contributed by atoms with van der Waals surface area (Å²) in [7, 11) is 0. The third-order valence-corrected chi connectivity index (χ3v) is 3.06. The second-order valence-electron chi connectivity index (χ2n) is 3.65. The summed E-state index contributed by atoms with van der Waals surface area (Å²) in [6, 6.07) is 5.75. The zero-order valence-electron chi connectivity index (χ0n) is 10.3. The first-order chi connectivity index (χ1) is 8.85. The number of nitrogens with two attached hydrogens (primary N) is 1. The molecule has 0 unspecified atom stereocenters. The largest absolute Gasteiger partial charge is 0.490 e. The van der Waals surface area contributed by atoms with Gasteiger partial charge < -0.3 is 15.2 Å². The van der Waals surface area contributed by atoms with Gasteiger partial charge in [-0.1, -0.05) is 12.1 Å². The van der Waals surface area contributed by atoms with Gasteiger partial charge in [-0.05, 0) is 13.0 Å². The molecule has 1 aromatic carbocycles. The van der Waals surface area contributed by atoms with Gasteiger partial charge >= 0.3 is 0 Å². The molecule has 0 radical (unpaired) electrons. The Bertz CT molecular complexity index is 486. The van der Waals surface area contributed by atoms with Gasteiger partial charge in [-0.3, -0.25) is 0 Å². The molecular formula is C13H16N2O2S. The summed E-state index contributed by atoms with van der Waals surface area (Å²) in [5.41, 5.74) is 9.36. The Morgan fingerprint density at radius 1 is 1.33 bits per heavy atom. The molecule has 0 bridgehead atoms. The quantitative estimate of drug-likeness (QED) is 0.871. The monoisotopic (exact) mass is 264 g/mol. The molecule has 0 aliphatic rings. The Balaban J connectivity index is 2.18. The molecule has 0 amide bonds. The maximum atomic E-state index is 5.80. The summed E-state index contributed by atoms with van der Waals surface area (Å²) in [6.45, 7) is 3.40. The second-order valence-corrected chi connectivity index (χ2v) is 4.37. The van der Waals surface area contributed by atoms with E-state index in [0.29, 0.717) is 19.8 Å². The molecule has 0 aliphatic heterocycles. The number of thiazole rings is 1. The van der Waals surface area contributed by atoms with Crippen molar-refractivity contribution in [1.82, 2.24) is 4.98 Å². The third kappa shape index (κ3) is 3.00. The summed E-state index contributed by atoms with van der Waals surface area (Å²) < 4.78 is 11.3. The number of nitrogens with zero attached hydrogens (tertiary/aromatic N) is 1. The van der Waals surface area contributed by atoms with Crippen molar-refractivity contribution < 1.29 is 9.47 Å². The summed E-state index contributed by atoms with van der Waals surface area (Å²) in [5.74, 6) is 1.45. The predicted octanol–water partition coefficient (Wildman–Crippen LogP) is 2.58. The maximum Gasteiger partial charge on any atom is 0.166 e. The molecular weight excluding hydrogens is 248 g/mol. The summed E-state index contributed by atoms with van der Waals surface area (Å²) in [5, 5.41) is 1.96. The van der Waals surface area contributed by atoms with Crippen LogP contribution in [0, 0.1) is 0 Å². The maximum absolute atomic E-state index is 5.80. The van der Waals surface area contributed by atoms with Crippen LogP contribution in [0.2, 0.25) is 0 Å². The molecule has 2 N–H and O–H groups in total. The fourth-order valence-electron chi connectivity index (χ4n) is 1.61. The zero-order valence-corrected chi connectivity index (χ0v) is 11.1. The van der Waals surface area contributed by atoms with Crippen molar-refractivity contribution in [3.05, 3.63) is 40.3 Å². The Labute approximate surface area is 110 Å². The van der Waals surface area contributed by atoms with Gasteiger partial charge in [0.05, 0.1) is 17.8 Å². The van der Waals surface area contributed by atoms with Gasteiger partial charge in [0.2, 0.25) is 0 Å². The second kappa shape index (κ2) is 6.37. The van der Waals surface area contributed by atoms with Gasteiger partial charge in [0.1, 0.15) is 6.61 Å². The van der Waals surface area contributed by atoms with E-state index in [-0.39, 0.29) is 0 Å². The first-order valence-electron chi connectivity index (χ1n) is 5.79. The Kier molecular flexibility index (Phi) is 4.55. The first-order valence-corrected chi connectivity index (χ1v) is 6.74. The molecule has 5 heteroatoms. The van der Waals surface area contributed by atoms with Crippen molar-refractivity contribution in [2.75, 3.05) is 6.61 Å². The number of aromatic nitrogens is 1. The Hall–Kier alpha value is -1.59. The van der Waals surface area contributed by atoms with Crippen LogP contribution in [0.3, 0.4) is 0 Å². The van der Waals surface area contributed by atoms with Crippen LogP contribution in [0.4, 0.5) is 0 Å². The smallest absolute Gasteiger partial charge is 0.166 e. The molecule has 1 heterocycles. The Morgan fingerprint density at radius 2 is 2.22 bits per heavy atom. The number of para-hydroxylation sites is 1. The standard InChI is InChI=1S/C13H16N2O2S/c1-2-16-12-5-3-4-10(6-14)13(12)17-7-11-8-18-9-15-11/h3-5,8-9H,2,6-7,14H2,1H3. The van der Waals surface area contributed by atoms with E-state index in [1.165, 1.54) is 0 Å². The number of hydrogen-bond donors (Lipinski definition) is 1. The molecule has 96 valence electrons. The Morgan fingerprint density at radius 3 is 2.89 bits per heavy atom. The average molecular weight is 264 g/mol. The van der Waals surface area contributed by atoms with Crippen LogP contribution in [0.1, 0.15) is 18.2 Å². The highest BCUT2D eigenvalue weighted by Crippen LogP contribution is 2.31. The van der Waals surface area contributed by atoms with Gasteiger partial charge in [-0.25, -0.2) is 4.98 Å². The van der Waals surface area contributed by atoms with E-state index < -0.39 is 0 Å². The van der Waals surface area contributed by atoms with Crippen molar-refractivity contribution in [2.45, 2.75) is 20.1 Å². The lowest BCUT2D eigenvalue weighted by Gasteiger charge is -2.14. The number of benzene rings is 1. The van der Waals surface area contributed by atoms with Crippen LogP contribution >= 0.6 is 11.3 Å². The topological polar surface area (TPSA) is 57.4 Å². The predicted molar refractivity (Wildman–Crippen MR) is 71.9 cm³/mol. The highest BCUT2D eigenvalue weighted by molar-refractivity contribution is 7.07. The summed E-state index contributed by atoms with van der Waals surface area (Å²) >= 11 is 1.55. The molecule has 2 aromatic rings. The molecule has 1 aromatic heterocycles. The van der Waals surface area contributed by atoms with Gasteiger partial charge in [0, 0.05) is 17.5 Å². The lowest BCUT2D eigenvalue weighted by atomic mass is 10.2. The summed E-state index contributed by atoms with van der Waals surface area (Å²) in [4.78, 5) is 4.18. The van der Waals surface area contributed by atoms with E-state index in [1.54, 1.807) is 16.8 Å². The number of rotatable bonds is 6. The van der Waals surface area contributed by atoms with E-state index in [0.717, 1.165) is 22.8 Å². The van der Waals surface area contributed by atoms with Gasteiger partial charge in [0.15, 0.2) is 11.5 Å². The first kappa shape index (κ1) is 12.9. The molecule has 0 saturated heterocycles. The van der Waals surface area contributed by atoms with Crippen LogP contribution in [0.25, 0.3) is 0 Å². The molecule has 2 rings (SSSR count). The van der Waals surface area contributed by atoms with E-state index >= 15 is 0 Å². The van der Waals surface area contributed by atoms with Crippen molar-refractivity contribution in [3.8, 4) is 11.5 Å². The molecule has 18 heavy (non-hydrogen) atoms. The van der Waals surface area contributed by atoms with Crippen LogP contribution in [0.5, 0.6) is 11.5 Å². The van der Waals surface area contributed by atoms with Crippen molar-refractivity contribution in [1.29, 1.82) is 0 Å². The highest BCUT2D eigenvalue weighted by Gasteiger charge is 2.10. The van der Waals surface area contributed by atoms with Crippen LogP contribution in [-0.2, 0) is 13.2 Å². The molecule has 0 aliphatic carbocycles. The fourth-order valence-corrected chi connectivity index (χ4v) is 2.15. The zero-order chi connectivity index (χ0) is 12.8. The minimum atomic E-state index is 0.424. The SMILES string of the molecule is CCOc1cccc(CN)c1OCc1cscn1. The van der Waals surface area contributed by atoms with Gasteiger partial charge in [-0.15, -0.1) is 11.3 Å². The fraction of sp³-hybridized carbons (Fsp3) is 0.308. The van der Waals surface area contributed by atoms with Gasteiger partial charge in [0.25, 0.3) is 0 Å². The van der Waals surface area contributed by atoms with E-state index in [4.69, 9.17) is 15.2 Å². The average Bonchev–Trinajstić information content (AvgIpc) is 2.90. The number of ether oxygens (including phenoxy) is 2. The van der Waals surface area contributed by atoms with Crippen molar-refractivity contribution >= 4 is 11.3 Å². The lowest BCUT2D eigenvalue weighted by Crippen LogP contribution is -2.05. The normalized spacial score (nSPS) is 10.3. The van der Waals surface area contributed by atoms with Crippen molar-refractivity contribution in [2.24, 2.45) is 5.73 Å². The highest BCUT2D eigenvalue weighted by atomic mass is 32.1. The molecule has 0 spiro atoms. The summed E-state index contributed by atoms with van der Waals surface area (Å²) in [6.07, 6.45) is 0. The van der Waals surface area contributed by atoms with E-state index in [9.17, 15) is 0 Å². The minimum absolute atomic E-state index is 0.424. The minimum Gasteiger partial charge on any atom is -0.490 e. The molecule has 0 atom stereocenters. The van der Waals surface area contributed by atoms with E-state index in [1.807, 2.05) is 30.5 Å². The molecule has 0 saturated carbocycles. The van der Waals surface area contributed by atoms with Crippen LogP contribution in [-0.4, -0.2) is 11.6 Å². The van der Waals surface area contributed by atoms with Crippen LogP contribution in [0.15, 0.2) is 29.1 Å². The third-order valence-electron chi connectivity index (χ3n) is 2.43.